The van der Waals surface area contributed by atoms with E-state index in [-0.39, 0.29) is 11.8 Å². The number of rotatable bonds is 2. The Kier molecular flexibility index (Phi) is 4.17. The molecule has 3 fully saturated rings. The second-order valence-corrected chi connectivity index (χ2v) is 8.80. The number of hydrogen-bond acceptors (Lipinski definition) is 4. The van der Waals surface area contributed by atoms with Crippen molar-refractivity contribution in [1.29, 1.82) is 0 Å². The van der Waals surface area contributed by atoms with Gasteiger partial charge in [-0.3, -0.25) is 9.59 Å². The summed E-state index contributed by atoms with van der Waals surface area (Å²) in [6.45, 7) is 4.58. The van der Waals surface area contributed by atoms with Crippen LogP contribution in [0.2, 0.25) is 0 Å². The average Bonchev–Trinajstić information content (AvgIpc) is 3.21. The van der Waals surface area contributed by atoms with E-state index < -0.39 is 0 Å². The predicted octanol–water partition coefficient (Wildman–Crippen LogP) is 2.13. The number of fused-ring (bicyclic) bond motifs is 2. The first-order valence-corrected chi connectivity index (χ1v) is 10.5. The minimum atomic E-state index is 0.107. The lowest BCUT2D eigenvalue weighted by atomic mass is 10.0. The van der Waals surface area contributed by atoms with E-state index >= 15 is 0 Å². The lowest BCUT2D eigenvalue weighted by Gasteiger charge is -2.27. The molecular formula is C21H28N4O2. The Labute approximate surface area is 160 Å². The first-order chi connectivity index (χ1) is 13.1. The first kappa shape index (κ1) is 17.1. The molecular weight excluding hydrogens is 340 g/mol. The summed E-state index contributed by atoms with van der Waals surface area (Å²) in [5, 5.41) is 0. The number of carbonyl (C=O) groups is 2. The summed E-state index contributed by atoms with van der Waals surface area (Å²) in [5.41, 5.74) is 2.14. The third-order valence-electron chi connectivity index (χ3n) is 7.20. The lowest BCUT2D eigenvalue weighted by molar-refractivity contribution is -0.132. The van der Waals surface area contributed by atoms with Gasteiger partial charge >= 0.3 is 0 Å². The number of nitrogens with zero attached hydrogens (tertiary/aromatic N) is 4. The van der Waals surface area contributed by atoms with Crippen LogP contribution in [0.5, 0.6) is 0 Å². The molecule has 2 amide bonds. The van der Waals surface area contributed by atoms with Gasteiger partial charge in [-0.25, -0.2) is 9.97 Å². The van der Waals surface area contributed by atoms with Gasteiger partial charge in [-0.15, -0.1) is 0 Å². The fraction of sp³-hybridized carbons (Fsp3) is 0.714. The molecule has 4 aliphatic rings. The molecule has 1 aromatic heterocycles. The van der Waals surface area contributed by atoms with Gasteiger partial charge in [0.2, 0.25) is 11.8 Å². The summed E-state index contributed by atoms with van der Waals surface area (Å²) >= 11 is 0. The van der Waals surface area contributed by atoms with Crippen LogP contribution in [0.15, 0.2) is 6.20 Å². The maximum Gasteiger partial charge on any atom is 0.226 e. The molecule has 2 aliphatic carbocycles. The summed E-state index contributed by atoms with van der Waals surface area (Å²) in [6.07, 6.45) is 8.77. The van der Waals surface area contributed by atoms with Gasteiger partial charge < -0.3 is 9.80 Å². The third-order valence-corrected chi connectivity index (χ3v) is 7.20. The van der Waals surface area contributed by atoms with E-state index in [0.717, 1.165) is 49.6 Å². The normalized spacial score (nSPS) is 32.0. The van der Waals surface area contributed by atoms with E-state index in [1.165, 1.54) is 25.7 Å². The second kappa shape index (κ2) is 6.57. The van der Waals surface area contributed by atoms with Crippen LogP contribution in [-0.4, -0.2) is 51.2 Å². The molecule has 0 radical (unpaired) electrons. The largest absolute Gasteiger partial charge is 0.342 e. The SMILES string of the molecule is CC(=O)N1CCc2nc([C@@H]3CCN(C(=O)C4[C@H]5CCCC[C@@H]45)C3)ncc2C1. The predicted molar refractivity (Wildman–Crippen MR) is 99.7 cm³/mol. The van der Waals surface area contributed by atoms with Crippen molar-refractivity contribution in [2.45, 2.75) is 57.9 Å². The fourth-order valence-electron chi connectivity index (χ4n) is 5.54. The molecule has 1 unspecified atom stereocenters. The standard InChI is InChI=1S/C21H28N4O2/c1-13(26)24-9-7-18-15(12-24)10-22-20(23-18)14-6-8-25(11-14)21(27)19-16-4-2-3-5-17(16)19/h10,14,16-17,19H,2-9,11-12H2,1H3/t14-,16-,17+,19?/m1/s1. The van der Waals surface area contributed by atoms with Crippen LogP contribution >= 0.6 is 0 Å². The number of amides is 2. The van der Waals surface area contributed by atoms with Gasteiger partial charge in [-0.05, 0) is 31.1 Å². The molecule has 2 saturated carbocycles. The van der Waals surface area contributed by atoms with Crippen molar-refractivity contribution < 1.29 is 9.59 Å². The summed E-state index contributed by atoms with van der Waals surface area (Å²) in [6, 6.07) is 0. The monoisotopic (exact) mass is 368 g/mol. The van der Waals surface area contributed by atoms with Crippen LogP contribution in [0.3, 0.4) is 0 Å². The molecule has 5 rings (SSSR count). The number of likely N-dealkylation sites (tertiary alicyclic amines) is 1. The van der Waals surface area contributed by atoms with Crippen LogP contribution in [0.1, 0.15) is 62.0 Å². The van der Waals surface area contributed by atoms with Crippen LogP contribution in [0, 0.1) is 17.8 Å². The van der Waals surface area contributed by atoms with E-state index in [4.69, 9.17) is 4.98 Å². The van der Waals surface area contributed by atoms with Crippen molar-refractivity contribution in [3.8, 4) is 0 Å². The van der Waals surface area contributed by atoms with E-state index in [1.54, 1.807) is 6.92 Å². The average molecular weight is 368 g/mol. The Hall–Kier alpha value is -1.98. The smallest absolute Gasteiger partial charge is 0.226 e. The van der Waals surface area contributed by atoms with Gasteiger partial charge in [0.25, 0.3) is 0 Å². The zero-order valence-electron chi connectivity index (χ0n) is 16.1. The second-order valence-electron chi connectivity index (χ2n) is 8.80. The summed E-state index contributed by atoms with van der Waals surface area (Å²) in [5.74, 6) is 3.30. The highest BCUT2D eigenvalue weighted by atomic mass is 16.2. The minimum absolute atomic E-state index is 0.107. The Morgan fingerprint density at radius 2 is 1.85 bits per heavy atom. The van der Waals surface area contributed by atoms with Crippen LogP contribution < -0.4 is 0 Å². The van der Waals surface area contributed by atoms with Gasteiger partial charge in [-0.1, -0.05) is 12.8 Å². The van der Waals surface area contributed by atoms with Gasteiger partial charge in [0.15, 0.2) is 0 Å². The molecule has 0 spiro atoms. The topological polar surface area (TPSA) is 66.4 Å². The zero-order valence-corrected chi connectivity index (χ0v) is 16.1. The van der Waals surface area contributed by atoms with Crippen LogP contribution in [-0.2, 0) is 22.6 Å². The molecule has 27 heavy (non-hydrogen) atoms. The van der Waals surface area contributed by atoms with Crippen molar-refractivity contribution in [2.24, 2.45) is 17.8 Å². The zero-order chi connectivity index (χ0) is 18.5. The number of carbonyl (C=O) groups excluding carboxylic acids is 2. The van der Waals surface area contributed by atoms with Crippen molar-refractivity contribution in [3.63, 3.8) is 0 Å². The summed E-state index contributed by atoms with van der Waals surface area (Å²) < 4.78 is 0. The van der Waals surface area contributed by atoms with E-state index in [0.29, 0.717) is 30.2 Å². The molecule has 6 nitrogen and oxygen atoms in total. The highest BCUT2D eigenvalue weighted by Crippen LogP contribution is 2.56. The highest BCUT2D eigenvalue weighted by molar-refractivity contribution is 5.82. The molecule has 0 N–H and O–H groups in total. The molecule has 6 heteroatoms. The van der Waals surface area contributed by atoms with Crippen LogP contribution in [0.25, 0.3) is 0 Å². The molecule has 4 atom stereocenters. The maximum atomic E-state index is 12.9. The Morgan fingerprint density at radius 3 is 2.59 bits per heavy atom. The molecule has 0 bridgehead atoms. The molecule has 144 valence electrons. The van der Waals surface area contributed by atoms with Crippen LogP contribution in [0.4, 0.5) is 0 Å². The minimum Gasteiger partial charge on any atom is -0.342 e. The molecule has 0 aromatic carbocycles. The lowest BCUT2D eigenvalue weighted by Crippen LogP contribution is -2.35. The number of aromatic nitrogens is 2. The molecule has 3 heterocycles. The first-order valence-electron chi connectivity index (χ1n) is 10.5. The maximum absolute atomic E-state index is 12.9. The van der Waals surface area contributed by atoms with Crippen molar-refractivity contribution >= 4 is 11.8 Å². The van der Waals surface area contributed by atoms with E-state index in [2.05, 4.69) is 9.88 Å². The van der Waals surface area contributed by atoms with Gasteiger partial charge in [0, 0.05) is 63.1 Å². The Morgan fingerprint density at radius 1 is 1.07 bits per heavy atom. The van der Waals surface area contributed by atoms with Crippen molar-refractivity contribution in [3.05, 3.63) is 23.3 Å². The quantitative estimate of drug-likeness (QED) is 0.802. The van der Waals surface area contributed by atoms with Gasteiger partial charge in [0.05, 0.1) is 5.69 Å². The van der Waals surface area contributed by atoms with Gasteiger partial charge in [0.1, 0.15) is 5.82 Å². The summed E-state index contributed by atoms with van der Waals surface area (Å²) in [4.78, 5) is 37.9. The molecule has 2 aliphatic heterocycles. The Bertz CT molecular complexity index is 767. The molecule has 1 aromatic rings. The van der Waals surface area contributed by atoms with E-state index in [1.807, 2.05) is 11.1 Å². The molecule has 1 saturated heterocycles. The van der Waals surface area contributed by atoms with Crippen molar-refractivity contribution in [1.82, 2.24) is 19.8 Å². The number of hydrogen-bond donors (Lipinski definition) is 0. The van der Waals surface area contributed by atoms with Gasteiger partial charge in [-0.2, -0.15) is 0 Å². The highest BCUT2D eigenvalue weighted by Gasteiger charge is 2.56. The Balaban J connectivity index is 1.24. The fourth-order valence-corrected chi connectivity index (χ4v) is 5.54. The van der Waals surface area contributed by atoms with Crippen molar-refractivity contribution in [2.75, 3.05) is 19.6 Å². The van der Waals surface area contributed by atoms with E-state index in [9.17, 15) is 9.59 Å². The third kappa shape index (κ3) is 3.03. The summed E-state index contributed by atoms with van der Waals surface area (Å²) in [7, 11) is 0.